The summed E-state index contributed by atoms with van der Waals surface area (Å²) in [7, 11) is 0. The number of aliphatic carboxylic acids is 1. The van der Waals surface area contributed by atoms with E-state index in [4.69, 9.17) is 0 Å². The van der Waals surface area contributed by atoms with Crippen molar-refractivity contribution in [3.8, 4) is 0 Å². The average Bonchev–Trinajstić information content (AvgIpc) is 2.43. The van der Waals surface area contributed by atoms with Gasteiger partial charge in [-0.1, -0.05) is 30.4 Å². The molecule has 1 aromatic rings. The van der Waals surface area contributed by atoms with Gasteiger partial charge in [0.15, 0.2) is 0 Å². The number of rotatable bonds is 3. The first-order valence-corrected chi connectivity index (χ1v) is 6.49. The number of hydrogen-bond donors (Lipinski definition) is 2. The molecule has 1 aliphatic heterocycles. The van der Waals surface area contributed by atoms with Gasteiger partial charge in [-0.05, 0) is 25.0 Å². The fourth-order valence-corrected chi connectivity index (χ4v) is 2.28. The average molecular weight is 274 g/mol. The smallest absolute Gasteiger partial charge is 0.322 e. The van der Waals surface area contributed by atoms with Crippen molar-refractivity contribution in [2.24, 2.45) is 5.92 Å². The summed E-state index contributed by atoms with van der Waals surface area (Å²) >= 11 is 0. The molecule has 0 saturated carbocycles. The number of carboxylic acids is 1. The predicted octanol–water partition coefficient (Wildman–Crippen LogP) is 2.04. The molecule has 0 aliphatic carbocycles. The first-order chi connectivity index (χ1) is 9.49. The van der Waals surface area contributed by atoms with E-state index in [1.807, 2.05) is 31.2 Å². The van der Waals surface area contributed by atoms with E-state index in [1.165, 1.54) is 4.90 Å². The van der Waals surface area contributed by atoms with Crippen LogP contribution in [0.15, 0.2) is 36.4 Å². The van der Waals surface area contributed by atoms with Gasteiger partial charge < -0.3 is 10.4 Å². The number of carboxylic acid groups (broad SMARTS) is 1. The topological polar surface area (TPSA) is 69.6 Å². The summed E-state index contributed by atoms with van der Waals surface area (Å²) in [5, 5.41) is 12.0. The van der Waals surface area contributed by atoms with Crippen molar-refractivity contribution in [3.05, 3.63) is 42.0 Å². The van der Waals surface area contributed by atoms with Crippen molar-refractivity contribution in [1.82, 2.24) is 5.32 Å². The van der Waals surface area contributed by atoms with E-state index in [9.17, 15) is 14.7 Å². The van der Waals surface area contributed by atoms with E-state index in [0.717, 1.165) is 16.8 Å². The minimum atomic E-state index is -0.878. The van der Waals surface area contributed by atoms with Crippen LogP contribution in [0.5, 0.6) is 0 Å². The monoisotopic (exact) mass is 274 g/mol. The van der Waals surface area contributed by atoms with Crippen molar-refractivity contribution in [3.63, 3.8) is 0 Å². The second kappa shape index (κ2) is 5.77. The van der Waals surface area contributed by atoms with Crippen LogP contribution >= 0.6 is 0 Å². The van der Waals surface area contributed by atoms with Gasteiger partial charge in [-0.15, -0.1) is 0 Å². The first kappa shape index (κ1) is 14.1. The van der Waals surface area contributed by atoms with Crippen LogP contribution in [-0.4, -0.2) is 30.2 Å². The Hall–Kier alpha value is -2.30. The number of carbonyl (C=O) groups is 2. The van der Waals surface area contributed by atoms with Crippen LogP contribution in [0.3, 0.4) is 0 Å². The second-order valence-corrected chi connectivity index (χ2v) is 5.09. The van der Waals surface area contributed by atoms with Crippen LogP contribution in [0, 0.1) is 5.92 Å². The number of nitrogens with zero attached hydrogens (tertiary/aromatic N) is 1. The molecule has 1 unspecified atom stereocenters. The van der Waals surface area contributed by atoms with Gasteiger partial charge in [0, 0.05) is 18.8 Å². The van der Waals surface area contributed by atoms with E-state index in [-0.39, 0.29) is 12.6 Å². The summed E-state index contributed by atoms with van der Waals surface area (Å²) in [6.45, 7) is 6.13. The Labute approximate surface area is 117 Å². The van der Waals surface area contributed by atoms with Gasteiger partial charge in [0.1, 0.15) is 0 Å². The first-order valence-electron chi connectivity index (χ1n) is 6.49. The molecule has 0 spiro atoms. The number of para-hydroxylation sites is 1. The van der Waals surface area contributed by atoms with Crippen LogP contribution in [0.25, 0.3) is 0 Å². The zero-order valence-electron chi connectivity index (χ0n) is 11.4. The minimum absolute atomic E-state index is 0.189. The molecule has 106 valence electrons. The molecule has 2 N–H and O–H groups in total. The summed E-state index contributed by atoms with van der Waals surface area (Å²) in [5.74, 6) is -1.45. The zero-order chi connectivity index (χ0) is 14.7. The van der Waals surface area contributed by atoms with Gasteiger partial charge in [0.2, 0.25) is 0 Å². The van der Waals surface area contributed by atoms with Gasteiger partial charge in [0.25, 0.3) is 0 Å². The third-order valence-corrected chi connectivity index (χ3v) is 3.29. The number of carbonyl (C=O) groups excluding carboxylic acids is 1. The van der Waals surface area contributed by atoms with Gasteiger partial charge in [-0.25, -0.2) is 4.79 Å². The second-order valence-electron chi connectivity index (χ2n) is 5.09. The molecule has 1 atom stereocenters. The predicted molar refractivity (Wildman–Crippen MR) is 76.8 cm³/mol. The molecule has 0 bridgehead atoms. The molecule has 5 nitrogen and oxygen atoms in total. The van der Waals surface area contributed by atoms with E-state index in [2.05, 4.69) is 11.9 Å². The Morgan fingerprint density at radius 2 is 2.15 bits per heavy atom. The Morgan fingerprint density at radius 3 is 2.80 bits per heavy atom. The molecule has 0 fully saturated rings. The highest BCUT2D eigenvalue weighted by atomic mass is 16.4. The van der Waals surface area contributed by atoms with E-state index in [1.54, 1.807) is 0 Å². The maximum absolute atomic E-state index is 12.2. The van der Waals surface area contributed by atoms with Gasteiger partial charge in [-0.2, -0.15) is 0 Å². The maximum Gasteiger partial charge on any atom is 0.322 e. The van der Waals surface area contributed by atoms with E-state index in [0.29, 0.717) is 13.0 Å². The van der Waals surface area contributed by atoms with Gasteiger partial charge in [-0.3, -0.25) is 9.69 Å². The molecule has 0 radical (unpaired) electrons. The van der Waals surface area contributed by atoms with Crippen molar-refractivity contribution >= 4 is 17.7 Å². The lowest BCUT2D eigenvalue weighted by atomic mass is 9.93. The summed E-state index contributed by atoms with van der Waals surface area (Å²) in [4.78, 5) is 24.9. The van der Waals surface area contributed by atoms with Crippen LogP contribution in [-0.2, 0) is 11.2 Å². The third-order valence-electron chi connectivity index (χ3n) is 3.29. The summed E-state index contributed by atoms with van der Waals surface area (Å²) < 4.78 is 0. The molecule has 5 heteroatoms. The zero-order valence-corrected chi connectivity index (χ0v) is 11.4. The standard InChI is InChI=1S/C15H18N2O3/c1-10(2)8-16-15(20)17-9-12(14(18)19)7-11-5-3-4-6-13(11)17/h3-6,12H,1,7-9H2,2H3,(H,16,20)(H,18,19). The number of benzene rings is 1. The molecule has 1 aliphatic rings. The molecular formula is C15H18N2O3. The highest BCUT2D eigenvalue weighted by Crippen LogP contribution is 2.29. The lowest BCUT2D eigenvalue weighted by Crippen LogP contribution is -2.47. The fraction of sp³-hybridized carbons (Fsp3) is 0.333. The third kappa shape index (κ3) is 2.99. The Bertz CT molecular complexity index is 554. The quantitative estimate of drug-likeness (QED) is 0.829. The molecular weight excluding hydrogens is 256 g/mol. The number of amides is 2. The van der Waals surface area contributed by atoms with Crippen LogP contribution in [0.1, 0.15) is 12.5 Å². The number of urea groups is 1. The highest BCUT2D eigenvalue weighted by molar-refractivity contribution is 5.94. The fourth-order valence-electron chi connectivity index (χ4n) is 2.28. The maximum atomic E-state index is 12.2. The molecule has 20 heavy (non-hydrogen) atoms. The summed E-state index contributed by atoms with van der Waals surface area (Å²) in [5.41, 5.74) is 2.51. The molecule has 1 heterocycles. The van der Waals surface area contributed by atoms with E-state index < -0.39 is 11.9 Å². The van der Waals surface area contributed by atoms with E-state index >= 15 is 0 Å². The molecule has 1 aromatic carbocycles. The molecule has 0 aromatic heterocycles. The minimum Gasteiger partial charge on any atom is -0.481 e. The van der Waals surface area contributed by atoms with Crippen molar-refractivity contribution in [2.75, 3.05) is 18.0 Å². The highest BCUT2D eigenvalue weighted by Gasteiger charge is 2.31. The normalized spacial score (nSPS) is 17.2. The van der Waals surface area contributed by atoms with Crippen LogP contribution < -0.4 is 10.2 Å². The summed E-state index contributed by atoms with van der Waals surface area (Å²) in [6, 6.07) is 7.12. The Balaban J connectivity index is 2.24. The van der Waals surface area contributed by atoms with Gasteiger partial charge >= 0.3 is 12.0 Å². The Morgan fingerprint density at radius 1 is 1.45 bits per heavy atom. The molecule has 0 saturated heterocycles. The van der Waals surface area contributed by atoms with Crippen LogP contribution in [0.4, 0.5) is 10.5 Å². The SMILES string of the molecule is C=C(C)CNC(=O)N1CC(C(=O)O)Cc2ccccc21. The van der Waals surface area contributed by atoms with Crippen molar-refractivity contribution in [2.45, 2.75) is 13.3 Å². The van der Waals surface area contributed by atoms with Gasteiger partial charge in [0.05, 0.1) is 5.92 Å². The summed E-state index contributed by atoms with van der Waals surface area (Å²) in [6.07, 6.45) is 0.454. The lowest BCUT2D eigenvalue weighted by Gasteiger charge is -2.32. The number of anilines is 1. The largest absolute Gasteiger partial charge is 0.481 e. The molecule has 2 amide bonds. The van der Waals surface area contributed by atoms with Crippen molar-refractivity contribution < 1.29 is 14.7 Å². The number of nitrogens with one attached hydrogen (secondary N) is 1. The van der Waals surface area contributed by atoms with Crippen LogP contribution in [0.2, 0.25) is 0 Å². The Kier molecular flexibility index (Phi) is 4.08. The molecule has 2 rings (SSSR count). The van der Waals surface area contributed by atoms with Crippen molar-refractivity contribution in [1.29, 1.82) is 0 Å². The number of fused-ring (bicyclic) bond motifs is 1. The number of hydrogen-bond acceptors (Lipinski definition) is 2. The lowest BCUT2D eigenvalue weighted by molar-refractivity contribution is -0.141.